The smallest absolute Gasteiger partial charge is 0.220 e. The molecule has 6 N–H and O–H groups in total. The number of nitrogens with two attached hydrogens (primary N) is 2. The standard InChI is InChI=1S/C16H32N2O4/c17-15(21)13(9-3-5-11-19)7-1-2-8-14(16(18)22)10-4-6-12-20/h13-14,19-20H,1-12H2,(H2,17,21)(H2,18,22). The highest BCUT2D eigenvalue weighted by molar-refractivity contribution is 5.77. The Morgan fingerprint density at radius 3 is 1.14 bits per heavy atom. The maximum atomic E-state index is 11.4. The molecule has 22 heavy (non-hydrogen) atoms. The summed E-state index contributed by atoms with van der Waals surface area (Å²) < 4.78 is 0. The molecule has 0 saturated heterocycles. The van der Waals surface area contributed by atoms with Gasteiger partial charge in [-0.25, -0.2) is 0 Å². The Morgan fingerprint density at radius 2 is 0.909 bits per heavy atom. The molecule has 0 aromatic rings. The fraction of sp³-hybridized carbons (Fsp3) is 0.875. The van der Waals surface area contributed by atoms with Gasteiger partial charge in [0, 0.05) is 25.0 Å². The molecule has 0 saturated carbocycles. The molecule has 6 heteroatoms. The molecule has 0 radical (unpaired) electrons. The van der Waals surface area contributed by atoms with Crippen molar-refractivity contribution in [2.45, 2.75) is 64.2 Å². The first-order chi connectivity index (χ1) is 10.5. The van der Waals surface area contributed by atoms with Crippen LogP contribution in [0.25, 0.3) is 0 Å². The normalized spacial score (nSPS) is 13.7. The van der Waals surface area contributed by atoms with Gasteiger partial charge in [0.1, 0.15) is 0 Å². The average Bonchev–Trinajstić information content (AvgIpc) is 2.47. The quantitative estimate of drug-likeness (QED) is 0.337. The van der Waals surface area contributed by atoms with Crippen LogP contribution in [0.2, 0.25) is 0 Å². The lowest BCUT2D eigenvalue weighted by Gasteiger charge is -2.15. The Balaban J connectivity index is 3.97. The van der Waals surface area contributed by atoms with Crippen molar-refractivity contribution in [3.63, 3.8) is 0 Å². The fourth-order valence-electron chi connectivity index (χ4n) is 2.64. The lowest BCUT2D eigenvalue weighted by molar-refractivity contribution is -0.123. The van der Waals surface area contributed by atoms with E-state index in [2.05, 4.69) is 0 Å². The van der Waals surface area contributed by atoms with Gasteiger partial charge in [-0.3, -0.25) is 9.59 Å². The Hall–Kier alpha value is -1.14. The van der Waals surface area contributed by atoms with Crippen LogP contribution >= 0.6 is 0 Å². The second-order valence-electron chi connectivity index (χ2n) is 5.92. The summed E-state index contributed by atoms with van der Waals surface area (Å²) in [6.07, 6.45) is 7.55. The lowest BCUT2D eigenvalue weighted by Crippen LogP contribution is -2.24. The number of hydrogen-bond donors (Lipinski definition) is 4. The molecule has 0 heterocycles. The van der Waals surface area contributed by atoms with Crippen LogP contribution in [0.4, 0.5) is 0 Å². The third kappa shape index (κ3) is 10.6. The number of unbranched alkanes of at least 4 members (excludes halogenated alkanes) is 3. The molecule has 6 nitrogen and oxygen atoms in total. The number of amides is 2. The van der Waals surface area contributed by atoms with Crippen molar-refractivity contribution in [1.82, 2.24) is 0 Å². The topological polar surface area (TPSA) is 127 Å². The summed E-state index contributed by atoms with van der Waals surface area (Å²) in [7, 11) is 0. The molecule has 0 bridgehead atoms. The van der Waals surface area contributed by atoms with Crippen LogP contribution < -0.4 is 11.5 Å². The van der Waals surface area contributed by atoms with Gasteiger partial charge < -0.3 is 21.7 Å². The molecule has 0 aliphatic heterocycles. The van der Waals surface area contributed by atoms with Gasteiger partial charge in [0.25, 0.3) is 0 Å². The van der Waals surface area contributed by atoms with E-state index in [1.165, 1.54) is 0 Å². The number of carbonyl (C=O) groups is 2. The maximum Gasteiger partial charge on any atom is 0.220 e. The number of hydrogen-bond acceptors (Lipinski definition) is 4. The van der Waals surface area contributed by atoms with Crippen molar-refractivity contribution in [3.05, 3.63) is 0 Å². The van der Waals surface area contributed by atoms with Crippen molar-refractivity contribution >= 4 is 11.8 Å². The highest BCUT2D eigenvalue weighted by Gasteiger charge is 2.17. The minimum absolute atomic E-state index is 0.139. The summed E-state index contributed by atoms with van der Waals surface area (Å²) in [6, 6.07) is 0. The summed E-state index contributed by atoms with van der Waals surface area (Å²) >= 11 is 0. The van der Waals surface area contributed by atoms with E-state index in [9.17, 15) is 9.59 Å². The predicted octanol–water partition coefficient (Wildman–Crippen LogP) is 1.07. The maximum absolute atomic E-state index is 11.4. The molecule has 2 unspecified atom stereocenters. The summed E-state index contributed by atoms with van der Waals surface area (Å²) in [4.78, 5) is 22.7. The SMILES string of the molecule is NC(=O)C(CCCCO)CCCCC(CCCCO)C(N)=O. The zero-order valence-corrected chi connectivity index (χ0v) is 13.5. The summed E-state index contributed by atoms with van der Waals surface area (Å²) in [6.45, 7) is 0.277. The van der Waals surface area contributed by atoms with E-state index in [1.807, 2.05) is 0 Å². The number of rotatable bonds is 15. The van der Waals surface area contributed by atoms with E-state index < -0.39 is 0 Å². The van der Waals surface area contributed by atoms with Crippen LogP contribution in [0.5, 0.6) is 0 Å². The van der Waals surface area contributed by atoms with Crippen molar-refractivity contribution in [1.29, 1.82) is 0 Å². The van der Waals surface area contributed by atoms with Crippen LogP contribution in [0.15, 0.2) is 0 Å². The van der Waals surface area contributed by atoms with Gasteiger partial charge in [-0.15, -0.1) is 0 Å². The average molecular weight is 316 g/mol. The van der Waals surface area contributed by atoms with Crippen LogP contribution in [0.3, 0.4) is 0 Å². The second-order valence-corrected chi connectivity index (χ2v) is 5.92. The van der Waals surface area contributed by atoms with Gasteiger partial charge >= 0.3 is 0 Å². The van der Waals surface area contributed by atoms with E-state index in [0.29, 0.717) is 25.7 Å². The molecule has 0 rings (SSSR count). The first-order valence-corrected chi connectivity index (χ1v) is 8.33. The number of primary amides is 2. The van der Waals surface area contributed by atoms with E-state index in [4.69, 9.17) is 21.7 Å². The van der Waals surface area contributed by atoms with Gasteiger partial charge in [-0.2, -0.15) is 0 Å². The number of aliphatic hydroxyl groups excluding tert-OH is 2. The Morgan fingerprint density at radius 1 is 0.636 bits per heavy atom. The molecule has 2 amide bonds. The van der Waals surface area contributed by atoms with Crippen molar-refractivity contribution in [3.8, 4) is 0 Å². The van der Waals surface area contributed by atoms with Gasteiger partial charge in [0.15, 0.2) is 0 Å². The Bertz CT molecular complexity index is 281. The van der Waals surface area contributed by atoms with Crippen LogP contribution in [0, 0.1) is 11.8 Å². The van der Waals surface area contributed by atoms with Crippen molar-refractivity contribution in [2.24, 2.45) is 23.3 Å². The second kappa shape index (κ2) is 13.5. The third-order valence-electron chi connectivity index (χ3n) is 4.08. The predicted molar refractivity (Wildman–Crippen MR) is 85.7 cm³/mol. The van der Waals surface area contributed by atoms with Crippen LogP contribution in [-0.4, -0.2) is 35.2 Å². The molecule has 2 atom stereocenters. The highest BCUT2D eigenvalue weighted by atomic mass is 16.3. The first kappa shape index (κ1) is 20.9. The van der Waals surface area contributed by atoms with Crippen molar-refractivity contribution in [2.75, 3.05) is 13.2 Å². The first-order valence-electron chi connectivity index (χ1n) is 8.33. The minimum atomic E-state index is -0.285. The van der Waals surface area contributed by atoms with Gasteiger partial charge in [-0.05, 0) is 38.5 Å². The monoisotopic (exact) mass is 316 g/mol. The Kier molecular flexibility index (Phi) is 12.8. The summed E-state index contributed by atoms with van der Waals surface area (Å²) in [5, 5.41) is 17.5. The zero-order chi connectivity index (χ0) is 16.8. The number of carbonyl (C=O) groups excluding carboxylic acids is 2. The molecular formula is C16H32N2O4. The van der Waals surface area contributed by atoms with Crippen LogP contribution in [-0.2, 0) is 9.59 Å². The molecule has 0 aliphatic rings. The zero-order valence-electron chi connectivity index (χ0n) is 13.5. The molecule has 0 aromatic carbocycles. The molecule has 0 aliphatic carbocycles. The molecule has 0 aromatic heterocycles. The molecule has 130 valence electrons. The van der Waals surface area contributed by atoms with Gasteiger partial charge in [0.2, 0.25) is 11.8 Å². The van der Waals surface area contributed by atoms with E-state index in [1.54, 1.807) is 0 Å². The van der Waals surface area contributed by atoms with E-state index >= 15 is 0 Å². The largest absolute Gasteiger partial charge is 0.396 e. The summed E-state index contributed by atoms with van der Waals surface area (Å²) in [5.41, 5.74) is 10.8. The fourth-order valence-corrected chi connectivity index (χ4v) is 2.64. The van der Waals surface area contributed by atoms with Gasteiger partial charge in [-0.1, -0.05) is 25.7 Å². The molecular weight excluding hydrogens is 284 g/mol. The molecule has 0 spiro atoms. The molecule has 0 fully saturated rings. The third-order valence-corrected chi connectivity index (χ3v) is 4.08. The van der Waals surface area contributed by atoms with Crippen LogP contribution in [0.1, 0.15) is 64.2 Å². The van der Waals surface area contributed by atoms with Gasteiger partial charge in [0.05, 0.1) is 0 Å². The van der Waals surface area contributed by atoms with E-state index in [0.717, 1.165) is 38.5 Å². The lowest BCUT2D eigenvalue weighted by atomic mass is 9.91. The van der Waals surface area contributed by atoms with Crippen molar-refractivity contribution < 1.29 is 19.8 Å². The van der Waals surface area contributed by atoms with E-state index in [-0.39, 0.29) is 36.9 Å². The highest BCUT2D eigenvalue weighted by Crippen LogP contribution is 2.20. The Labute approximate surface area is 133 Å². The number of aliphatic hydroxyl groups is 2. The summed E-state index contributed by atoms with van der Waals surface area (Å²) in [5.74, 6) is -0.861. The minimum Gasteiger partial charge on any atom is -0.396 e.